The summed E-state index contributed by atoms with van der Waals surface area (Å²) in [5.41, 5.74) is 8.88. The molecule has 3 N–H and O–H groups in total. The largest absolute Gasteiger partial charge is 0.497 e. The van der Waals surface area contributed by atoms with Crippen molar-refractivity contribution in [2.75, 3.05) is 19.5 Å². The van der Waals surface area contributed by atoms with Crippen LogP contribution in [-0.4, -0.2) is 43.0 Å². The third-order valence-electron chi connectivity index (χ3n) is 6.78. The van der Waals surface area contributed by atoms with Crippen LogP contribution in [-0.2, 0) is 6.54 Å². The fourth-order valence-electron chi connectivity index (χ4n) is 4.67. The van der Waals surface area contributed by atoms with Gasteiger partial charge in [0.25, 0.3) is 11.8 Å². The average Bonchev–Trinajstić information content (AvgIpc) is 2.93. The maximum Gasteiger partial charge on any atom is 0.255 e. The topological polar surface area (TPSA) is 93.9 Å². The van der Waals surface area contributed by atoms with Crippen molar-refractivity contribution in [3.8, 4) is 11.5 Å². The molecule has 4 rings (SSSR count). The number of anilines is 1. The number of nitrogens with zero attached hydrogens (tertiary/aromatic N) is 1. The number of nitrogens with two attached hydrogens (primary N) is 1. The number of ether oxygens (including phenoxy) is 2. The van der Waals surface area contributed by atoms with Crippen molar-refractivity contribution in [3.05, 3.63) is 88.4 Å². The number of hydrogen-bond acceptors (Lipinski definition) is 5. The highest BCUT2D eigenvalue weighted by Crippen LogP contribution is 2.29. The smallest absolute Gasteiger partial charge is 0.255 e. The first-order valence-electron chi connectivity index (χ1n) is 12.3. The number of benzene rings is 3. The number of methoxy groups -OCH3 is 2. The molecule has 0 heterocycles. The Morgan fingerprint density at radius 2 is 1.51 bits per heavy atom. The Labute approximate surface area is 222 Å². The summed E-state index contributed by atoms with van der Waals surface area (Å²) in [4.78, 5) is 28.3. The summed E-state index contributed by atoms with van der Waals surface area (Å²) in [6, 6.07) is 19.0. The van der Waals surface area contributed by atoms with Crippen molar-refractivity contribution < 1.29 is 19.1 Å². The molecule has 0 aliphatic heterocycles. The fraction of sp³-hybridized carbons (Fsp3) is 0.310. The minimum Gasteiger partial charge on any atom is -0.497 e. The lowest BCUT2D eigenvalue weighted by Crippen LogP contribution is -2.51. The highest BCUT2D eigenvalue weighted by atomic mass is 35.5. The number of amides is 2. The van der Waals surface area contributed by atoms with Gasteiger partial charge in [-0.05, 0) is 85.1 Å². The van der Waals surface area contributed by atoms with Crippen molar-refractivity contribution in [1.82, 2.24) is 4.90 Å². The number of halogens is 1. The molecule has 0 radical (unpaired) electrons. The van der Waals surface area contributed by atoms with Crippen LogP contribution in [0, 0.1) is 0 Å². The lowest BCUT2D eigenvalue weighted by Gasteiger charge is -2.38. The number of carbonyl (C=O) groups is 2. The third-order valence-corrected chi connectivity index (χ3v) is 7.14. The lowest BCUT2D eigenvalue weighted by atomic mass is 9.89. The fourth-order valence-corrected chi connectivity index (χ4v) is 4.85. The maximum absolute atomic E-state index is 13.7. The van der Waals surface area contributed by atoms with Crippen molar-refractivity contribution in [1.29, 1.82) is 0 Å². The summed E-state index contributed by atoms with van der Waals surface area (Å²) in [5, 5.41) is 3.43. The van der Waals surface area contributed by atoms with Crippen molar-refractivity contribution in [3.63, 3.8) is 0 Å². The number of rotatable bonds is 8. The number of nitrogens with one attached hydrogen (secondary N) is 1. The van der Waals surface area contributed by atoms with E-state index in [0.29, 0.717) is 33.3 Å². The summed E-state index contributed by atoms with van der Waals surface area (Å²) in [7, 11) is 3.17. The zero-order chi connectivity index (χ0) is 26.4. The molecule has 1 fully saturated rings. The predicted octanol–water partition coefficient (Wildman–Crippen LogP) is 5.52. The zero-order valence-electron chi connectivity index (χ0n) is 21.1. The van der Waals surface area contributed by atoms with Gasteiger partial charge in [0.15, 0.2) is 0 Å². The minimum absolute atomic E-state index is 0.114. The Hall–Kier alpha value is -3.55. The molecule has 1 aliphatic rings. The molecule has 2 unspecified atom stereocenters. The Balaban J connectivity index is 1.58. The summed E-state index contributed by atoms with van der Waals surface area (Å²) < 4.78 is 10.4. The molecule has 1 saturated carbocycles. The van der Waals surface area contributed by atoms with Gasteiger partial charge in [-0.3, -0.25) is 9.59 Å². The number of carbonyl (C=O) groups excluding carboxylic acids is 2. The van der Waals surface area contributed by atoms with Gasteiger partial charge in [-0.25, -0.2) is 0 Å². The monoisotopic (exact) mass is 521 g/mol. The predicted molar refractivity (Wildman–Crippen MR) is 145 cm³/mol. The molecule has 0 saturated heterocycles. The second kappa shape index (κ2) is 12.1. The van der Waals surface area contributed by atoms with E-state index in [2.05, 4.69) is 5.32 Å². The molecule has 8 heteroatoms. The van der Waals surface area contributed by atoms with Gasteiger partial charge < -0.3 is 25.4 Å². The second-order valence-electron chi connectivity index (χ2n) is 9.17. The average molecular weight is 522 g/mol. The van der Waals surface area contributed by atoms with Crippen LogP contribution in [0.25, 0.3) is 0 Å². The van der Waals surface area contributed by atoms with Gasteiger partial charge in [0.2, 0.25) is 0 Å². The molecule has 0 spiro atoms. The summed E-state index contributed by atoms with van der Waals surface area (Å²) in [5.74, 6) is 0.985. The van der Waals surface area contributed by atoms with E-state index in [1.165, 1.54) is 0 Å². The van der Waals surface area contributed by atoms with Crippen LogP contribution in [0.4, 0.5) is 5.69 Å². The van der Waals surface area contributed by atoms with Crippen molar-refractivity contribution >= 4 is 29.1 Å². The highest BCUT2D eigenvalue weighted by Gasteiger charge is 2.32. The van der Waals surface area contributed by atoms with E-state index in [-0.39, 0.29) is 30.4 Å². The van der Waals surface area contributed by atoms with E-state index in [9.17, 15) is 9.59 Å². The first kappa shape index (κ1) is 26.5. The first-order valence-corrected chi connectivity index (χ1v) is 12.7. The molecule has 2 atom stereocenters. The molecular weight excluding hydrogens is 490 g/mol. The van der Waals surface area contributed by atoms with Gasteiger partial charge in [0.1, 0.15) is 11.5 Å². The van der Waals surface area contributed by atoms with Crippen LogP contribution in [0.3, 0.4) is 0 Å². The van der Waals surface area contributed by atoms with E-state index in [4.69, 9.17) is 26.8 Å². The van der Waals surface area contributed by atoms with E-state index in [1.54, 1.807) is 74.9 Å². The molecule has 0 bridgehead atoms. The van der Waals surface area contributed by atoms with Crippen LogP contribution < -0.4 is 20.5 Å². The summed E-state index contributed by atoms with van der Waals surface area (Å²) >= 11 is 6.58. The molecule has 3 aromatic carbocycles. The molecule has 0 aromatic heterocycles. The molecule has 7 nitrogen and oxygen atoms in total. The quantitative estimate of drug-likeness (QED) is 0.407. The summed E-state index contributed by atoms with van der Waals surface area (Å²) in [6.07, 6.45) is 3.75. The van der Waals surface area contributed by atoms with Crippen LogP contribution in [0.1, 0.15) is 52.0 Å². The molecule has 2 amide bonds. The maximum atomic E-state index is 13.7. The zero-order valence-corrected chi connectivity index (χ0v) is 21.8. The normalized spacial score (nSPS) is 17.1. The van der Waals surface area contributed by atoms with Gasteiger partial charge in [0, 0.05) is 40.5 Å². The van der Waals surface area contributed by atoms with Crippen LogP contribution >= 0.6 is 11.6 Å². The SMILES string of the molecule is COc1ccc(C(=O)Nc2ccc(Cl)c(CN(C(=O)c3ccc(OC)cc3)C3CCCCC3N)c2)cc1. The van der Waals surface area contributed by atoms with Crippen LogP contribution in [0.2, 0.25) is 5.02 Å². The molecule has 1 aliphatic carbocycles. The Bertz CT molecular complexity index is 1230. The minimum atomic E-state index is -0.253. The van der Waals surface area contributed by atoms with Gasteiger partial charge >= 0.3 is 0 Å². The van der Waals surface area contributed by atoms with Gasteiger partial charge in [-0.15, -0.1) is 0 Å². The van der Waals surface area contributed by atoms with Gasteiger partial charge in [0.05, 0.1) is 14.2 Å². The van der Waals surface area contributed by atoms with Gasteiger partial charge in [-0.2, -0.15) is 0 Å². The summed E-state index contributed by atoms with van der Waals surface area (Å²) in [6.45, 7) is 0.272. The van der Waals surface area contributed by atoms with Crippen molar-refractivity contribution in [2.24, 2.45) is 5.73 Å². The van der Waals surface area contributed by atoms with E-state index in [1.807, 2.05) is 11.0 Å². The molecule has 37 heavy (non-hydrogen) atoms. The van der Waals surface area contributed by atoms with Crippen LogP contribution in [0.15, 0.2) is 66.7 Å². The Morgan fingerprint density at radius 3 is 2.11 bits per heavy atom. The van der Waals surface area contributed by atoms with E-state index < -0.39 is 0 Å². The third kappa shape index (κ3) is 6.42. The second-order valence-corrected chi connectivity index (χ2v) is 9.57. The van der Waals surface area contributed by atoms with Crippen LogP contribution in [0.5, 0.6) is 11.5 Å². The Morgan fingerprint density at radius 1 is 0.919 bits per heavy atom. The molecule has 194 valence electrons. The van der Waals surface area contributed by atoms with E-state index in [0.717, 1.165) is 31.2 Å². The Kier molecular flexibility index (Phi) is 8.69. The highest BCUT2D eigenvalue weighted by molar-refractivity contribution is 6.31. The van der Waals surface area contributed by atoms with Crippen molar-refractivity contribution in [2.45, 2.75) is 44.3 Å². The lowest BCUT2D eigenvalue weighted by molar-refractivity contribution is 0.0583. The molecule has 3 aromatic rings. The first-order chi connectivity index (χ1) is 17.9. The standard InChI is InChI=1S/C29H32ClN3O4/c1-36-23-12-7-19(8-13-23)28(34)32-22-11-16-25(30)21(17-22)18-33(27-6-4-3-5-26(27)31)29(35)20-9-14-24(37-2)15-10-20/h7-17,26-27H,3-6,18,31H2,1-2H3,(H,32,34). The molecular formula is C29H32ClN3O4. The number of hydrogen-bond donors (Lipinski definition) is 2. The van der Waals surface area contributed by atoms with Gasteiger partial charge in [-0.1, -0.05) is 24.4 Å². The van der Waals surface area contributed by atoms with E-state index >= 15 is 0 Å².